The van der Waals surface area contributed by atoms with Crippen molar-refractivity contribution in [1.82, 2.24) is 15.6 Å². The molecule has 0 spiro atoms. The van der Waals surface area contributed by atoms with Crippen molar-refractivity contribution in [2.24, 2.45) is 4.99 Å². The van der Waals surface area contributed by atoms with E-state index in [4.69, 9.17) is 0 Å². The van der Waals surface area contributed by atoms with E-state index in [1.807, 2.05) is 31.2 Å². The maximum Gasteiger partial charge on any atom is 0.191 e. The number of guanidine groups is 1. The zero-order chi connectivity index (χ0) is 17.5. The van der Waals surface area contributed by atoms with Crippen molar-refractivity contribution in [3.8, 4) is 0 Å². The summed E-state index contributed by atoms with van der Waals surface area (Å²) in [4.78, 5) is 9.84. The number of benzene rings is 1. The van der Waals surface area contributed by atoms with Crippen LogP contribution in [0.3, 0.4) is 0 Å². The SMILES string of the molecule is CN=C(NCCc1ccncc1C)NCC1(Sc2ccccc2)CC1. The quantitative estimate of drug-likeness (QED) is 0.591. The molecule has 25 heavy (non-hydrogen) atoms. The highest BCUT2D eigenvalue weighted by Crippen LogP contribution is 2.51. The van der Waals surface area contributed by atoms with Gasteiger partial charge in [-0.1, -0.05) is 18.2 Å². The Labute approximate surface area is 154 Å². The minimum atomic E-state index is 0.320. The molecule has 1 fully saturated rings. The van der Waals surface area contributed by atoms with Gasteiger partial charge < -0.3 is 10.6 Å². The molecule has 1 aromatic heterocycles. The molecule has 2 N–H and O–H groups in total. The molecule has 0 saturated heterocycles. The number of aliphatic imine (C=N–C) groups is 1. The summed E-state index contributed by atoms with van der Waals surface area (Å²) in [5, 5.41) is 6.92. The zero-order valence-corrected chi connectivity index (χ0v) is 15.8. The molecular formula is C20H26N4S. The third kappa shape index (κ3) is 5.23. The molecule has 1 heterocycles. The van der Waals surface area contributed by atoms with E-state index in [0.717, 1.165) is 25.5 Å². The van der Waals surface area contributed by atoms with Crippen LogP contribution in [-0.2, 0) is 6.42 Å². The number of thioether (sulfide) groups is 1. The van der Waals surface area contributed by atoms with Gasteiger partial charge in [-0.3, -0.25) is 9.98 Å². The van der Waals surface area contributed by atoms with Gasteiger partial charge in [0.05, 0.1) is 0 Å². The predicted molar refractivity (Wildman–Crippen MR) is 106 cm³/mol. The standard InChI is InChI=1S/C20H26N4S/c1-16-14-22-12-8-17(16)9-13-23-19(21-2)24-15-20(10-11-20)25-18-6-4-3-5-7-18/h3-8,12,14H,9-11,13,15H2,1-2H3,(H2,21,23,24). The average Bonchev–Trinajstić information content (AvgIpc) is 3.40. The van der Waals surface area contributed by atoms with Crippen molar-refractivity contribution >= 4 is 17.7 Å². The van der Waals surface area contributed by atoms with Crippen molar-refractivity contribution in [2.75, 3.05) is 20.1 Å². The summed E-state index contributed by atoms with van der Waals surface area (Å²) >= 11 is 1.98. The smallest absolute Gasteiger partial charge is 0.191 e. The van der Waals surface area contributed by atoms with Crippen molar-refractivity contribution in [1.29, 1.82) is 0 Å². The molecule has 3 rings (SSSR count). The van der Waals surface area contributed by atoms with Gasteiger partial charge in [-0.15, -0.1) is 11.8 Å². The van der Waals surface area contributed by atoms with Crippen molar-refractivity contribution in [3.05, 3.63) is 59.9 Å². The van der Waals surface area contributed by atoms with E-state index in [-0.39, 0.29) is 0 Å². The minimum Gasteiger partial charge on any atom is -0.356 e. The molecule has 0 aliphatic heterocycles. The van der Waals surface area contributed by atoms with Crippen LogP contribution in [-0.4, -0.2) is 35.8 Å². The van der Waals surface area contributed by atoms with E-state index in [1.165, 1.54) is 28.9 Å². The van der Waals surface area contributed by atoms with E-state index < -0.39 is 0 Å². The minimum absolute atomic E-state index is 0.320. The fourth-order valence-corrected chi connectivity index (χ4v) is 4.00. The normalized spacial score (nSPS) is 15.7. The lowest BCUT2D eigenvalue weighted by Gasteiger charge is -2.18. The summed E-state index contributed by atoms with van der Waals surface area (Å²) in [6, 6.07) is 12.7. The molecule has 1 aliphatic rings. The fourth-order valence-electron chi connectivity index (χ4n) is 2.76. The number of nitrogens with zero attached hydrogens (tertiary/aromatic N) is 2. The Bertz CT molecular complexity index is 711. The second-order valence-electron chi connectivity index (χ2n) is 6.50. The van der Waals surface area contributed by atoms with Crippen molar-refractivity contribution in [3.63, 3.8) is 0 Å². The molecule has 1 aliphatic carbocycles. The lowest BCUT2D eigenvalue weighted by atomic mass is 10.1. The van der Waals surface area contributed by atoms with Gasteiger partial charge in [0.25, 0.3) is 0 Å². The topological polar surface area (TPSA) is 49.3 Å². The first-order chi connectivity index (χ1) is 12.2. The van der Waals surface area contributed by atoms with Crippen LogP contribution in [0.4, 0.5) is 0 Å². The van der Waals surface area contributed by atoms with Crippen LogP contribution in [0, 0.1) is 6.92 Å². The number of nitrogens with one attached hydrogen (secondary N) is 2. The molecule has 4 nitrogen and oxygen atoms in total. The van der Waals surface area contributed by atoms with Gasteiger partial charge in [-0.25, -0.2) is 0 Å². The molecule has 0 radical (unpaired) electrons. The van der Waals surface area contributed by atoms with Crippen LogP contribution >= 0.6 is 11.8 Å². The number of hydrogen-bond acceptors (Lipinski definition) is 3. The summed E-state index contributed by atoms with van der Waals surface area (Å²) in [6.45, 7) is 3.91. The summed E-state index contributed by atoms with van der Waals surface area (Å²) in [6.07, 6.45) is 7.26. The van der Waals surface area contributed by atoms with Gasteiger partial charge in [-0.2, -0.15) is 0 Å². The molecular weight excluding hydrogens is 328 g/mol. The van der Waals surface area contributed by atoms with E-state index >= 15 is 0 Å². The Morgan fingerprint density at radius 1 is 1.20 bits per heavy atom. The highest BCUT2D eigenvalue weighted by Gasteiger charge is 2.43. The van der Waals surface area contributed by atoms with Crippen LogP contribution in [0.5, 0.6) is 0 Å². The van der Waals surface area contributed by atoms with E-state index in [0.29, 0.717) is 4.75 Å². The van der Waals surface area contributed by atoms with Crippen molar-refractivity contribution in [2.45, 2.75) is 35.8 Å². The third-order valence-electron chi connectivity index (χ3n) is 4.51. The fraction of sp³-hybridized carbons (Fsp3) is 0.400. The van der Waals surface area contributed by atoms with Crippen LogP contribution in [0.2, 0.25) is 0 Å². The first-order valence-corrected chi connectivity index (χ1v) is 9.60. The maximum atomic E-state index is 4.35. The van der Waals surface area contributed by atoms with Crippen LogP contribution < -0.4 is 10.6 Å². The number of pyridine rings is 1. The van der Waals surface area contributed by atoms with E-state index in [9.17, 15) is 0 Å². The molecule has 0 atom stereocenters. The van der Waals surface area contributed by atoms with Gasteiger partial charge in [0.2, 0.25) is 0 Å². The molecule has 1 saturated carbocycles. The van der Waals surface area contributed by atoms with Gasteiger partial charge in [0.15, 0.2) is 5.96 Å². The van der Waals surface area contributed by atoms with Crippen LogP contribution in [0.25, 0.3) is 0 Å². The van der Waals surface area contributed by atoms with Crippen molar-refractivity contribution < 1.29 is 0 Å². The second-order valence-corrected chi connectivity index (χ2v) is 8.04. The zero-order valence-electron chi connectivity index (χ0n) is 15.0. The molecule has 5 heteroatoms. The summed E-state index contributed by atoms with van der Waals surface area (Å²) in [5.74, 6) is 0.881. The second kappa shape index (κ2) is 8.39. The lowest BCUT2D eigenvalue weighted by molar-refractivity contribution is 0.759. The highest BCUT2D eigenvalue weighted by atomic mass is 32.2. The number of aromatic nitrogens is 1. The summed E-state index contributed by atoms with van der Waals surface area (Å²) < 4.78 is 0.320. The highest BCUT2D eigenvalue weighted by molar-refractivity contribution is 8.01. The summed E-state index contributed by atoms with van der Waals surface area (Å²) in [7, 11) is 1.83. The van der Waals surface area contributed by atoms with E-state index in [2.05, 4.69) is 63.9 Å². The number of hydrogen-bond donors (Lipinski definition) is 2. The Morgan fingerprint density at radius 3 is 2.68 bits per heavy atom. The monoisotopic (exact) mass is 354 g/mol. The third-order valence-corrected chi connectivity index (χ3v) is 6.00. The molecule has 0 unspecified atom stereocenters. The summed E-state index contributed by atoms with van der Waals surface area (Å²) in [5.41, 5.74) is 2.57. The Hall–Kier alpha value is -2.01. The van der Waals surface area contributed by atoms with Gasteiger partial charge in [-0.05, 0) is 55.5 Å². The lowest BCUT2D eigenvalue weighted by Crippen LogP contribution is -2.41. The predicted octanol–water partition coefficient (Wildman–Crippen LogP) is 3.42. The average molecular weight is 355 g/mol. The maximum absolute atomic E-state index is 4.35. The first-order valence-electron chi connectivity index (χ1n) is 8.79. The first kappa shape index (κ1) is 17.8. The molecule has 0 amide bonds. The van der Waals surface area contributed by atoms with Gasteiger partial charge >= 0.3 is 0 Å². The Balaban J connectivity index is 1.44. The van der Waals surface area contributed by atoms with E-state index in [1.54, 1.807) is 0 Å². The Kier molecular flexibility index (Phi) is 5.97. The number of rotatable bonds is 7. The molecule has 0 bridgehead atoms. The van der Waals surface area contributed by atoms with Gasteiger partial charge in [0, 0.05) is 42.2 Å². The molecule has 1 aromatic carbocycles. The van der Waals surface area contributed by atoms with Crippen LogP contribution in [0.15, 0.2) is 58.7 Å². The largest absolute Gasteiger partial charge is 0.356 e. The van der Waals surface area contributed by atoms with Crippen LogP contribution in [0.1, 0.15) is 24.0 Å². The Morgan fingerprint density at radius 2 is 2.00 bits per heavy atom. The molecule has 132 valence electrons. The number of aryl methyl sites for hydroxylation is 1. The van der Waals surface area contributed by atoms with Gasteiger partial charge in [0.1, 0.15) is 0 Å². The molecule has 2 aromatic rings.